The minimum absolute atomic E-state index is 0.0667. The number of rotatable bonds is 2. The van der Waals surface area contributed by atoms with Crippen LogP contribution in [0.3, 0.4) is 0 Å². The first kappa shape index (κ1) is 15.0. The Labute approximate surface area is 138 Å². The summed E-state index contributed by atoms with van der Waals surface area (Å²) in [7, 11) is 1.73. The van der Waals surface area contributed by atoms with Gasteiger partial charge in [0.15, 0.2) is 0 Å². The highest BCUT2D eigenvalue weighted by Gasteiger charge is 2.55. The number of benzene rings is 1. The summed E-state index contributed by atoms with van der Waals surface area (Å²) in [6.45, 7) is 4.51. The number of Topliss-reactive ketones (excluding diaryl/α,β-unsaturated/α-hetero) is 1. The summed E-state index contributed by atoms with van der Waals surface area (Å²) >= 11 is 0. The van der Waals surface area contributed by atoms with E-state index in [9.17, 15) is 4.79 Å². The van der Waals surface area contributed by atoms with Gasteiger partial charge in [0.2, 0.25) is 0 Å². The number of aryl methyl sites for hydroxylation is 1. The van der Waals surface area contributed by atoms with Gasteiger partial charge in [0.1, 0.15) is 11.5 Å². The van der Waals surface area contributed by atoms with Gasteiger partial charge in [-0.3, -0.25) is 4.79 Å². The Bertz CT molecular complexity index is 698. The van der Waals surface area contributed by atoms with Crippen molar-refractivity contribution < 1.29 is 9.53 Å². The molecule has 0 unspecified atom stereocenters. The largest absolute Gasteiger partial charge is 0.497 e. The van der Waals surface area contributed by atoms with Crippen molar-refractivity contribution in [2.24, 2.45) is 17.3 Å². The maximum absolute atomic E-state index is 12.7. The van der Waals surface area contributed by atoms with Gasteiger partial charge in [0.25, 0.3) is 0 Å². The van der Waals surface area contributed by atoms with Gasteiger partial charge in [-0.2, -0.15) is 0 Å². The van der Waals surface area contributed by atoms with E-state index in [0.717, 1.165) is 44.3 Å². The van der Waals surface area contributed by atoms with Crippen LogP contribution in [-0.2, 0) is 11.2 Å². The molecule has 0 heterocycles. The minimum atomic E-state index is -0.0667. The molecule has 0 spiro atoms. The lowest BCUT2D eigenvalue weighted by atomic mass is 9.57. The van der Waals surface area contributed by atoms with Crippen molar-refractivity contribution in [3.8, 4) is 5.75 Å². The summed E-state index contributed by atoms with van der Waals surface area (Å²) in [5.41, 5.74) is 5.93. The van der Waals surface area contributed by atoms with Crippen LogP contribution in [0.15, 0.2) is 23.8 Å². The number of allylic oxidation sites excluding steroid dienone is 2. The van der Waals surface area contributed by atoms with Crippen molar-refractivity contribution in [3.05, 3.63) is 34.9 Å². The normalized spacial score (nSPS) is 29.4. The molecular formula is C21H26O2. The second-order valence-electron chi connectivity index (χ2n) is 7.74. The van der Waals surface area contributed by atoms with Crippen LogP contribution in [-0.4, -0.2) is 12.9 Å². The first-order chi connectivity index (χ1) is 11.1. The summed E-state index contributed by atoms with van der Waals surface area (Å²) < 4.78 is 5.39. The molecule has 0 amide bonds. The molecule has 1 fully saturated rings. The van der Waals surface area contributed by atoms with Crippen molar-refractivity contribution in [1.29, 1.82) is 0 Å². The van der Waals surface area contributed by atoms with E-state index >= 15 is 0 Å². The Balaban J connectivity index is 1.81. The topological polar surface area (TPSA) is 26.3 Å². The fraction of sp³-hybridized carbons (Fsp3) is 0.571. The van der Waals surface area contributed by atoms with Crippen LogP contribution < -0.4 is 4.74 Å². The van der Waals surface area contributed by atoms with Gasteiger partial charge in [0.05, 0.1) is 7.11 Å². The van der Waals surface area contributed by atoms with Crippen molar-refractivity contribution in [3.63, 3.8) is 0 Å². The third-order valence-corrected chi connectivity index (χ3v) is 6.73. The highest BCUT2D eigenvalue weighted by atomic mass is 16.5. The maximum atomic E-state index is 12.7. The third-order valence-electron chi connectivity index (χ3n) is 6.73. The Morgan fingerprint density at radius 2 is 2.00 bits per heavy atom. The Kier molecular flexibility index (Phi) is 3.40. The lowest BCUT2D eigenvalue weighted by molar-refractivity contribution is -0.130. The zero-order valence-corrected chi connectivity index (χ0v) is 14.4. The number of carbonyl (C=O) groups excluding carboxylic acids is 1. The molecular weight excluding hydrogens is 284 g/mol. The van der Waals surface area contributed by atoms with Crippen molar-refractivity contribution >= 4 is 11.4 Å². The van der Waals surface area contributed by atoms with Crippen LogP contribution in [0.1, 0.15) is 57.1 Å². The molecule has 23 heavy (non-hydrogen) atoms. The third kappa shape index (κ3) is 1.96. The molecule has 1 aromatic rings. The Morgan fingerprint density at radius 3 is 2.74 bits per heavy atom. The van der Waals surface area contributed by atoms with Crippen LogP contribution in [0.25, 0.3) is 5.57 Å². The molecule has 0 aliphatic heterocycles. The summed E-state index contributed by atoms with van der Waals surface area (Å²) in [4.78, 5) is 12.7. The number of hydrogen-bond acceptors (Lipinski definition) is 2. The molecule has 0 saturated heterocycles. The standard InChI is InChI=1S/C21H26O2/c1-13(2)21-11-10-17-16-7-5-15(23-3)12-14(16)4-6-18(17)19(21)8-9-20(21)22/h5,7,12-13,19H,4,6,8-11H2,1-3H3/t19-,21+/m0/s1. The van der Waals surface area contributed by atoms with E-state index in [2.05, 4.69) is 32.0 Å². The number of carbonyl (C=O) groups is 1. The number of hydrogen-bond donors (Lipinski definition) is 0. The summed E-state index contributed by atoms with van der Waals surface area (Å²) in [6.07, 6.45) is 6.18. The molecule has 0 N–H and O–H groups in total. The Hall–Kier alpha value is -1.57. The van der Waals surface area contributed by atoms with E-state index in [1.165, 1.54) is 11.1 Å². The fourth-order valence-electron chi connectivity index (χ4n) is 5.57. The van der Waals surface area contributed by atoms with Crippen LogP contribution in [0.4, 0.5) is 0 Å². The van der Waals surface area contributed by atoms with E-state index in [0.29, 0.717) is 17.6 Å². The zero-order valence-electron chi connectivity index (χ0n) is 14.4. The second kappa shape index (κ2) is 5.22. The lowest BCUT2D eigenvalue weighted by Crippen LogP contribution is -2.41. The van der Waals surface area contributed by atoms with E-state index < -0.39 is 0 Å². The number of methoxy groups -OCH3 is 1. The van der Waals surface area contributed by atoms with E-state index in [-0.39, 0.29) is 5.41 Å². The second-order valence-corrected chi connectivity index (χ2v) is 7.74. The molecule has 2 nitrogen and oxygen atoms in total. The van der Waals surface area contributed by atoms with E-state index in [1.54, 1.807) is 18.3 Å². The molecule has 1 saturated carbocycles. The lowest BCUT2D eigenvalue weighted by Gasteiger charge is -2.45. The van der Waals surface area contributed by atoms with Gasteiger partial charge in [-0.15, -0.1) is 0 Å². The van der Waals surface area contributed by atoms with Crippen LogP contribution in [0.2, 0.25) is 0 Å². The maximum Gasteiger partial charge on any atom is 0.139 e. The van der Waals surface area contributed by atoms with Crippen LogP contribution in [0.5, 0.6) is 5.75 Å². The van der Waals surface area contributed by atoms with Crippen molar-refractivity contribution in [2.75, 3.05) is 7.11 Å². The van der Waals surface area contributed by atoms with Gasteiger partial charge >= 0.3 is 0 Å². The van der Waals surface area contributed by atoms with Crippen LogP contribution >= 0.6 is 0 Å². The van der Waals surface area contributed by atoms with Gasteiger partial charge < -0.3 is 4.74 Å². The quantitative estimate of drug-likeness (QED) is 0.783. The van der Waals surface area contributed by atoms with Gasteiger partial charge in [-0.1, -0.05) is 25.5 Å². The van der Waals surface area contributed by atoms with Crippen molar-refractivity contribution in [1.82, 2.24) is 0 Å². The summed E-state index contributed by atoms with van der Waals surface area (Å²) in [5.74, 6) is 2.43. The van der Waals surface area contributed by atoms with E-state index in [1.807, 2.05) is 0 Å². The number of ether oxygens (including phenoxy) is 1. The molecule has 2 atom stereocenters. The van der Waals surface area contributed by atoms with E-state index in [4.69, 9.17) is 4.74 Å². The molecule has 1 aromatic carbocycles. The highest BCUT2D eigenvalue weighted by molar-refractivity contribution is 5.90. The molecule has 0 aromatic heterocycles. The summed E-state index contributed by atoms with van der Waals surface area (Å²) in [5, 5.41) is 0. The molecule has 4 rings (SSSR count). The SMILES string of the molecule is COc1ccc2c(c1)CCC1=C2CC[C@]2(C(C)C)C(=O)CC[C@@H]12. The van der Waals surface area contributed by atoms with Crippen molar-refractivity contribution in [2.45, 2.75) is 52.4 Å². The monoisotopic (exact) mass is 310 g/mol. The number of fused-ring (bicyclic) bond motifs is 4. The smallest absolute Gasteiger partial charge is 0.139 e. The predicted octanol–water partition coefficient (Wildman–Crippen LogP) is 4.81. The molecule has 3 aliphatic rings. The minimum Gasteiger partial charge on any atom is -0.497 e. The molecule has 0 radical (unpaired) electrons. The van der Waals surface area contributed by atoms with Gasteiger partial charge in [0, 0.05) is 11.8 Å². The molecule has 2 heteroatoms. The Morgan fingerprint density at radius 1 is 1.17 bits per heavy atom. The number of ketones is 1. The zero-order chi connectivity index (χ0) is 16.2. The van der Waals surface area contributed by atoms with Gasteiger partial charge in [-0.05, 0) is 72.8 Å². The molecule has 0 bridgehead atoms. The predicted molar refractivity (Wildman–Crippen MR) is 92.5 cm³/mol. The van der Waals surface area contributed by atoms with Gasteiger partial charge in [-0.25, -0.2) is 0 Å². The van der Waals surface area contributed by atoms with Crippen LogP contribution in [0, 0.1) is 17.3 Å². The highest BCUT2D eigenvalue weighted by Crippen LogP contribution is 2.59. The fourth-order valence-corrected chi connectivity index (χ4v) is 5.57. The summed E-state index contributed by atoms with van der Waals surface area (Å²) in [6, 6.07) is 6.52. The average Bonchev–Trinajstić information content (AvgIpc) is 2.92. The first-order valence-corrected chi connectivity index (χ1v) is 9.00. The molecule has 3 aliphatic carbocycles. The average molecular weight is 310 g/mol. The first-order valence-electron chi connectivity index (χ1n) is 9.00. The molecule has 122 valence electrons.